The fourth-order valence-electron chi connectivity index (χ4n) is 6.81. The number of hydrogen-bond acceptors (Lipinski definition) is 7. The van der Waals surface area contributed by atoms with E-state index >= 15 is 4.39 Å². The number of pyridine rings is 1. The predicted octanol–water partition coefficient (Wildman–Crippen LogP) is 5.88. The van der Waals surface area contributed by atoms with Crippen molar-refractivity contribution in [3.05, 3.63) is 89.1 Å². The number of carbonyl (C=O) groups is 1. The van der Waals surface area contributed by atoms with E-state index in [2.05, 4.69) is 27.6 Å². The molecular formula is C35H30FN7O2. The second-order valence-electron chi connectivity index (χ2n) is 12.3. The topological polar surface area (TPSA) is 120 Å². The summed E-state index contributed by atoms with van der Waals surface area (Å²) in [4.78, 5) is 20.8. The lowest BCUT2D eigenvalue weighted by molar-refractivity contribution is 0.100. The van der Waals surface area contributed by atoms with Crippen LogP contribution in [0.15, 0.2) is 60.9 Å². The number of rotatable bonds is 7. The lowest BCUT2D eigenvalue weighted by Crippen LogP contribution is -2.35. The van der Waals surface area contributed by atoms with Crippen molar-refractivity contribution in [1.29, 1.82) is 5.26 Å². The zero-order valence-electron chi connectivity index (χ0n) is 24.7. The van der Waals surface area contributed by atoms with Crippen LogP contribution in [0.4, 0.5) is 15.9 Å². The summed E-state index contributed by atoms with van der Waals surface area (Å²) in [5.74, 6) is 0.717. The molecule has 0 saturated heterocycles. The number of halogens is 1. The number of benzene rings is 3. The highest BCUT2D eigenvalue weighted by Crippen LogP contribution is 2.46. The van der Waals surface area contributed by atoms with Crippen molar-refractivity contribution in [3.8, 4) is 28.6 Å². The van der Waals surface area contributed by atoms with Crippen LogP contribution in [0.5, 0.6) is 0 Å². The van der Waals surface area contributed by atoms with Gasteiger partial charge in [0.25, 0.3) is 5.91 Å². The monoisotopic (exact) mass is 599 g/mol. The Labute approximate surface area is 259 Å². The first kappa shape index (κ1) is 27.6. The number of aromatic nitrogens is 4. The summed E-state index contributed by atoms with van der Waals surface area (Å²) in [6, 6.07) is 18.3. The van der Waals surface area contributed by atoms with E-state index in [9.17, 15) is 15.2 Å². The van der Waals surface area contributed by atoms with Gasteiger partial charge in [0.15, 0.2) is 5.82 Å². The van der Waals surface area contributed by atoms with Gasteiger partial charge in [-0.3, -0.25) is 9.69 Å². The Balaban J connectivity index is 1.24. The number of aliphatic hydroxyl groups excluding tert-OH is 1. The fraction of sp³-hybridized carbons (Fsp3) is 0.286. The highest BCUT2D eigenvalue weighted by Gasteiger charge is 2.35. The van der Waals surface area contributed by atoms with Gasteiger partial charge in [-0.1, -0.05) is 6.07 Å². The number of carbonyl (C=O) groups excluding carboxylic acids is 1. The van der Waals surface area contributed by atoms with Gasteiger partial charge in [0, 0.05) is 47.6 Å². The maximum Gasteiger partial charge on any atom is 0.264 e. The quantitative estimate of drug-likeness (QED) is 0.240. The van der Waals surface area contributed by atoms with Crippen LogP contribution in [0.1, 0.15) is 65.2 Å². The van der Waals surface area contributed by atoms with E-state index in [1.165, 1.54) is 6.07 Å². The molecule has 5 aromatic rings. The number of nitrogens with one attached hydrogen (secondary N) is 1. The number of anilines is 2. The van der Waals surface area contributed by atoms with Crippen LogP contribution in [-0.4, -0.2) is 42.9 Å². The molecule has 2 aliphatic carbocycles. The molecule has 2 N–H and O–H groups in total. The molecule has 2 aromatic heterocycles. The Hall–Kier alpha value is -4.98. The van der Waals surface area contributed by atoms with Gasteiger partial charge in [0.1, 0.15) is 18.0 Å². The van der Waals surface area contributed by atoms with Gasteiger partial charge >= 0.3 is 0 Å². The van der Waals surface area contributed by atoms with Crippen LogP contribution < -0.4 is 10.2 Å². The molecule has 0 radical (unpaired) electrons. The van der Waals surface area contributed by atoms with Gasteiger partial charge in [-0.15, -0.1) is 10.2 Å². The second kappa shape index (κ2) is 10.6. The second-order valence-corrected chi connectivity index (χ2v) is 12.3. The lowest BCUT2D eigenvalue weighted by Gasteiger charge is -2.20. The molecule has 10 heteroatoms. The molecule has 2 atom stereocenters. The summed E-state index contributed by atoms with van der Waals surface area (Å²) in [5, 5.41) is 32.6. The van der Waals surface area contributed by atoms with Gasteiger partial charge in [0.05, 0.1) is 29.0 Å². The Morgan fingerprint density at radius 3 is 2.64 bits per heavy atom. The zero-order valence-corrected chi connectivity index (χ0v) is 24.7. The average molecular weight is 600 g/mol. The minimum atomic E-state index is -0.398. The van der Waals surface area contributed by atoms with E-state index in [4.69, 9.17) is 4.98 Å². The minimum absolute atomic E-state index is 0.0147. The van der Waals surface area contributed by atoms with Crippen LogP contribution >= 0.6 is 0 Å². The maximum absolute atomic E-state index is 15.3. The standard InChI is InChI=1S/C35H30FN7O2/c1-42-18-39-41-34(42)24-11-19(16-37)5-8-23(24)22-14-29(21-6-7-21)40-32(15-22)43-30-10-9-27(36)25-12-20(13-26(33(25)30)35(43)45)17-38-28-3-2-4-31(28)44/h5,8-15,18,21,28,31,38,44H,2-4,6-7,17H2,1H3/t28-,31+/m1/s1. The van der Waals surface area contributed by atoms with Crippen molar-refractivity contribution in [2.24, 2.45) is 7.05 Å². The van der Waals surface area contributed by atoms with Crippen LogP contribution in [0, 0.1) is 17.1 Å². The van der Waals surface area contributed by atoms with Crippen LogP contribution in [0.2, 0.25) is 0 Å². The smallest absolute Gasteiger partial charge is 0.264 e. The molecule has 3 heterocycles. The number of amides is 1. The van der Waals surface area contributed by atoms with E-state index in [0.29, 0.717) is 45.8 Å². The van der Waals surface area contributed by atoms with E-state index in [1.54, 1.807) is 40.1 Å². The number of aryl methyl sites for hydroxylation is 1. The zero-order chi connectivity index (χ0) is 30.8. The molecule has 0 unspecified atom stereocenters. The molecule has 45 heavy (non-hydrogen) atoms. The average Bonchev–Trinajstić information content (AvgIpc) is 3.60. The Bertz CT molecular complexity index is 2060. The minimum Gasteiger partial charge on any atom is -0.392 e. The summed E-state index contributed by atoms with van der Waals surface area (Å²) < 4.78 is 17.1. The number of hydrogen-bond donors (Lipinski definition) is 2. The third-order valence-electron chi connectivity index (χ3n) is 9.29. The Kier molecular flexibility index (Phi) is 6.48. The Morgan fingerprint density at radius 2 is 1.91 bits per heavy atom. The van der Waals surface area contributed by atoms with Gasteiger partial charge in [-0.25, -0.2) is 9.37 Å². The molecule has 9 nitrogen and oxygen atoms in total. The molecule has 8 rings (SSSR count). The normalized spacial score (nSPS) is 19.1. The molecule has 2 saturated carbocycles. The van der Waals surface area contributed by atoms with E-state index < -0.39 is 11.9 Å². The molecule has 0 spiro atoms. The van der Waals surface area contributed by atoms with Gasteiger partial charge in [-0.05, 0) is 97.3 Å². The van der Waals surface area contributed by atoms with Crippen molar-refractivity contribution < 1.29 is 14.3 Å². The van der Waals surface area contributed by atoms with E-state index in [0.717, 1.165) is 60.1 Å². The first-order valence-corrected chi connectivity index (χ1v) is 15.3. The summed E-state index contributed by atoms with van der Waals surface area (Å²) in [5.41, 5.74) is 5.63. The third-order valence-corrected chi connectivity index (χ3v) is 9.29. The van der Waals surface area contributed by atoms with Crippen molar-refractivity contribution in [2.45, 2.75) is 56.7 Å². The molecule has 224 valence electrons. The lowest BCUT2D eigenvalue weighted by atomic mass is 9.96. The summed E-state index contributed by atoms with van der Waals surface area (Å²) >= 11 is 0. The number of aliphatic hydroxyl groups is 1. The Morgan fingerprint density at radius 1 is 1.04 bits per heavy atom. The SMILES string of the molecule is Cn1cnnc1-c1cc(C#N)ccc1-c1cc(C2CC2)nc(N2C(=O)c3cc(CN[C@@H]4CCC[C@@H]4O)cc4c(F)ccc2c34)c1. The highest BCUT2D eigenvalue weighted by molar-refractivity contribution is 6.27. The molecule has 1 amide bonds. The van der Waals surface area contributed by atoms with Crippen molar-refractivity contribution in [2.75, 3.05) is 4.90 Å². The fourth-order valence-corrected chi connectivity index (χ4v) is 6.81. The number of nitrogens with zero attached hydrogens (tertiary/aromatic N) is 6. The molecule has 1 aliphatic heterocycles. The number of nitriles is 1. The summed E-state index contributed by atoms with van der Waals surface area (Å²) in [6.45, 7) is 0.421. The maximum atomic E-state index is 15.3. The van der Waals surface area contributed by atoms with Crippen LogP contribution in [-0.2, 0) is 13.6 Å². The molecule has 2 fully saturated rings. The van der Waals surface area contributed by atoms with Gasteiger partial charge in [0.2, 0.25) is 0 Å². The highest BCUT2D eigenvalue weighted by atomic mass is 19.1. The third kappa shape index (κ3) is 4.67. The van der Waals surface area contributed by atoms with E-state index in [1.807, 2.05) is 25.2 Å². The van der Waals surface area contributed by atoms with E-state index in [-0.39, 0.29) is 17.9 Å². The summed E-state index contributed by atoms with van der Waals surface area (Å²) in [7, 11) is 1.85. The van der Waals surface area contributed by atoms with Crippen molar-refractivity contribution in [3.63, 3.8) is 0 Å². The largest absolute Gasteiger partial charge is 0.392 e. The molecular weight excluding hydrogens is 569 g/mol. The van der Waals surface area contributed by atoms with Gasteiger partial charge < -0.3 is 15.0 Å². The molecule has 0 bridgehead atoms. The predicted molar refractivity (Wildman–Crippen MR) is 167 cm³/mol. The first-order valence-electron chi connectivity index (χ1n) is 15.3. The van der Waals surface area contributed by atoms with Crippen LogP contribution in [0.25, 0.3) is 33.3 Å². The first-order chi connectivity index (χ1) is 21.9. The van der Waals surface area contributed by atoms with Crippen molar-refractivity contribution >= 4 is 28.2 Å². The van der Waals surface area contributed by atoms with Crippen molar-refractivity contribution in [1.82, 2.24) is 25.1 Å². The molecule has 3 aromatic carbocycles. The van der Waals surface area contributed by atoms with Gasteiger partial charge in [-0.2, -0.15) is 5.26 Å². The van der Waals surface area contributed by atoms with Crippen LogP contribution in [0.3, 0.4) is 0 Å². The summed E-state index contributed by atoms with van der Waals surface area (Å²) in [6.07, 6.45) is 5.86. The molecule has 3 aliphatic rings.